The maximum absolute atomic E-state index is 12.0. The third-order valence-corrected chi connectivity index (χ3v) is 5.18. The van der Waals surface area contributed by atoms with Gasteiger partial charge in [-0.25, -0.2) is 0 Å². The molecule has 0 unspecified atom stereocenters. The third kappa shape index (κ3) is 6.08. The summed E-state index contributed by atoms with van der Waals surface area (Å²) in [7, 11) is 2.18. The van der Waals surface area contributed by atoms with Gasteiger partial charge < -0.3 is 15.0 Å². The van der Waals surface area contributed by atoms with Gasteiger partial charge in [0.25, 0.3) is 5.91 Å². The van der Waals surface area contributed by atoms with E-state index in [0.29, 0.717) is 12.6 Å². The lowest BCUT2D eigenvalue weighted by Crippen LogP contribution is -2.47. The number of nitrogens with zero attached hydrogens (tertiary/aromatic N) is 2. The molecule has 1 aliphatic rings. The number of ether oxygens (including phenoxy) is 1. The minimum absolute atomic E-state index is 0.0601. The second kappa shape index (κ2) is 10.2. The first-order chi connectivity index (χ1) is 13.6. The largest absolute Gasteiger partial charge is 0.484 e. The standard InChI is InChI=1S/C23H31N3O2/c1-19-8-6-11-21(16-19)28-18-23(27)24-12-7-13-26-15-14-25(2)17-22(26)20-9-4-3-5-10-20/h3-6,8-11,16,22H,7,12-15,17-18H2,1-2H3,(H,24,27)/t22-/m1/s1. The molecule has 2 aromatic carbocycles. The highest BCUT2D eigenvalue weighted by atomic mass is 16.5. The van der Waals surface area contributed by atoms with Crippen LogP contribution in [0.5, 0.6) is 5.75 Å². The Hall–Kier alpha value is -2.37. The van der Waals surface area contributed by atoms with Crippen molar-refractivity contribution >= 4 is 5.91 Å². The molecule has 0 saturated carbocycles. The number of carbonyl (C=O) groups is 1. The van der Waals surface area contributed by atoms with E-state index < -0.39 is 0 Å². The molecule has 0 bridgehead atoms. The molecule has 28 heavy (non-hydrogen) atoms. The Kier molecular flexibility index (Phi) is 7.46. The molecule has 0 spiro atoms. The van der Waals surface area contributed by atoms with Crippen molar-refractivity contribution in [1.82, 2.24) is 15.1 Å². The van der Waals surface area contributed by atoms with Crippen LogP contribution in [0.15, 0.2) is 54.6 Å². The zero-order chi connectivity index (χ0) is 19.8. The van der Waals surface area contributed by atoms with E-state index in [0.717, 1.165) is 43.9 Å². The molecule has 3 rings (SSSR count). The normalized spacial score (nSPS) is 18.0. The summed E-state index contributed by atoms with van der Waals surface area (Å²) in [6, 6.07) is 18.9. The van der Waals surface area contributed by atoms with E-state index in [-0.39, 0.29) is 12.5 Å². The molecule has 0 aromatic heterocycles. The fraction of sp³-hybridized carbons (Fsp3) is 0.435. The summed E-state index contributed by atoms with van der Waals surface area (Å²) in [5, 5.41) is 2.97. The van der Waals surface area contributed by atoms with Crippen molar-refractivity contribution in [2.45, 2.75) is 19.4 Å². The van der Waals surface area contributed by atoms with E-state index in [1.165, 1.54) is 5.56 Å². The number of hydrogen-bond donors (Lipinski definition) is 1. The second-order valence-corrected chi connectivity index (χ2v) is 7.53. The van der Waals surface area contributed by atoms with Crippen molar-refractivity contribution < 1.29 is 9.53 Å². The van der Waals surface area contributed by atoms with Crippen LogP contribution in [0.4, 0.5) is 0 Å². The van der Waals surface area contributed by atoms with Gasteiger partial charge in [0.05, 0.1) is 0 Å². The Bertz CT molecular complexity index is 751. The highest BCUT2D eigenvalue weighted by molar-refractivity contribution is 5.77. The van der Waals surface area contributed by atoms with E-state index in [1.807, 2.05) is 31.2 Å². The highest BCUT2D eigenvalue weighted by Crippen LogP contribution is 2.24. The fourth-order valence-corrected chi connectivity index (χ4v) is 3.63. The number of amides is 1. The van der Waals surface area contributed by atoms with Crippen LogP contribution in [0.25, 0.3) is 0 Å². The number of aryl methyl sites for hydroxylation is 1. The average Bonchev–Trinajstić information content (AvgIpc) is 2.71. The lowest BCUT2D eigenvalue weighted by Gasteiger charge is -2.40. The number of rotatable bonds is 8. The Labute approximate surface area is 168 Å². The molecule has 5 heteroatoms. The monoisotopic (exact) mass is 381 g/mol. The lowest BCUT2D eigenvalue weighted by atomic mass is 10.0. The summed E-state index contributed by atoms with van der Waals surface area (Å²) in [4.78, 5) is 16.9. The van der Waals surface area contributed by atoms with E-state index in [1.54, 1.807) is 0 Å². The summed E-state index contributed by atoms with van der Waals surface area (Å²) in [6.45, 7) is 6.90. The second-order valence-electron chi connectivity index (χ2n) is 7.53. The number of piperazine rings is 1. The van der Waals surface area contributed by atoms with E-state index in [2.05, 4.69) is 52.5 Å². The van der Waals surface area contributed by atoms with Gasteiger partial charge in [-0.1, -0.05) is 42.5 Å². The van der Waals surface area contributed by atoms with Crippen molar-refractivity contribution in [3.63, 3.8) is 0 Å². The maximum atomic E-state index is 12.0. The Morgan fingerprint density at radius 2 is 1.96 bits per heavy atom. The fourth-order valence-electron chi connectivity index (χ4n) is 3.63. The van der Waals surface area contributed by atoms with Crippen molar-refractivity contribution in [3.8, 4) is 5.75 Å². The van der Waals surface area contributed by atoms with Crippen LogP contribution in [-0.2, 0) is 4.79 Å². The lowest BCUT2D eigenvalue weighted by molar-refractivity contribution is -0.123. The predicted molar refractivity (Wildman–Crippen MR) is 113 cm³/mol. The summed E-state index contributed by atoms with van der Waals surface area (Å²) >= 11 is 0. The molecule has 1 saturated heterocycles. The smallest absolute Gasteiger partial charge is 0.257 e. The maximum Gasteiger partial charge on any atom is 0.257 e. The van der Waals surface area contributed by atoms with Crippen molar-refractivity contribution in [2.24, 2.45) is 0 Å². The molecule has 1 N–H and O–H groups in total. The molecule has 1 fully saturated rings. The third-order valence-electron chi connectivity index (χ3n) is 5.18. The molecule has 0 aliphatic carbocycles. The van der Waals surface area contributed by atoms with Gasteiger partial charge >= 0.3 is 0 Å². The Balaban J connectivity index is 1.40. The molecule has 0 radical (unpaired) electrons. The number of hydrogen-bond acceptors (Lipinski definition) is 4. The molecule has 1 atom stereocenters. The number of nitrogens with one attached hydrogen (secondary N) is 1. The van der Waals surface area contributed by atoms with Gasteiger partial charge in [0.15, 0.2) is 6.61 Å². The number of likely N-dealkylation sites (N-methyl/N-ethyl adjacent to an activating group) is 1. The van der Waals surface area contributed by atoms with Crippen LogP contribution in [0.3, 0.4) is 0 Å². The van der Waals surface area contributed by atoms with Gasteiger partial charge in [-0.2, -0.15) is 0 Å². The minimum atomic E-state index is -0.0699. The molecular weight excluding hydrogens is 350 g/mol. The van der Waals surface area contributed by atoms with Crippen LogP contribution in [-0.4, -0.2) is 62.1 Å². The molecule has 1 aliphatic heterocycles. The molecule has 5 nitrogen and oxygen atoms in total. The molecule has 1 amide bonds. The minimum Gasteiger partial charge on any atom is -0.484 e. The van der Waals surface area contributed by atoms with Gasteiger partial charge in [-0.15, -0.1) is 0 Å². The summed E-state index contributed by atoms with van der Waals surface area (Å²) in [6.07, 6.45) is 0.934. The van der Waals surface area contributed by atoms with Crippen LogP contribution in [0.2, 0.25) is 0 Å². The van der Waals surface area contributed by atoms with Crippen LogP contribution in [0, 0.1) is 6.92 Å². The van der Waals surface area contributed by atoms with Crippen molar-refractivity contribution in [1.29, 1.82) is 0 Å². The SMILES string of the molecule is Cc1cccc(OCC(=O)NCCCN2CCN(C)C[C@@H]2c2ccccc2)c1. The predicted octanol–water partition coefficient (Wildman–Crippen LogP) is 2.87. The Morgan fingerprint density at radius 3 is 2.75 bits per heavy atom. The van der Waals surface area contributed by atoms with Gasteiger partial charge in [-0.3, -0.25) is 9.69 Å². The average molecular weight is 382 g/mol. The molecule has 150 valence electrons. The van der Waals surface area contributed by atoms with Crippen LogP contribution < -0.4 is 10.1 Å². The van der Waals surface area contributed by atoms with Gasteiger partial charge in [-0.05, 0) is 43.7 Å². The van der Waals surface area contributed by atoms with E-state index >= 15 is 0 Å². The van der Waals surface area contributed by atoms with Crippen molar-refractivity contribution in [3.05, 3.63) is 65.7 Å². The van der Waals surface area contributed by atoms with Crippen molar-refractivity contribution in [2.75, 3.05) is 46.4 Å². The van der Waals surface area contributed by atoms with E-state index in [9.17, 15) is 4.79 Å². The highest BCUT2D eigenvalue weighted by Gasteiger charge is 2.25. The first kappa shape index (κ1) is 20.4. The van der Waals surface area contributed by atoms with Gasteiger partial charge in [0.1, 0.15) is 5.75 Å². The van der Waals surface area contributed by atoms with Gasteiger partial charge in [0.2, 0.25) is 0 Å². The first-order valence-electron chi connectivity index (χ1n) is 10.1. The summed E-state index contributed by atoms with van der Waals surface area (Å²) in [5.41, 5.74) is 2.49. The molecular formula is C23H31N3O2. The first-order valence-corrected chi connectivity index (χ1v) is 10.1. The number of benzene rings is 2. The van der Waals surface area contributed by atoms with Crippen LogP contribution >= 0.6 is 0 Å². The van der Waals surface area contributed by atoms with Gasteiger partial charge in [0, 0.05) is 38.8 Å². The zero-order valence-electron chi connectivity index (χ0n) is 16.9. The number of carbonyl (C=O) groups excluding carboxylic acids is 1. The topological polar surface area (TPSA) is 44.8 Å². The van der Waals surface area contributed by atoms with E-state index in [4.69, 9.17) is 4.74 Å². The summed E-state index contributed by atoms with van der Waals surface area (Å²) < 4.78 is 5.55. The molecule has 2 aromatic rings. The molecule has 1 heterocycles. The van der Waals surface area contributed by atoms with Crippen LogP contribution in [0.1, 0.15) is 23.6 Å². The Morgan fingerprint density at radius 1 is 1.14 bits per heavy atom. The zero-order valence-corrected chi connectivity index (χ0v) is 16.9. The quantitative estimate of drug-likeness (QED) is 0.714. The summed E-state index contributed by atoms with van der Waals surface area (Å²) in [5.74, 6) is 0.665.